The SMILES string of the molecule is C#CCN(CC(=O)O)S(=O)(=O)c1cnc[nH]1. The van der Waals surface area contributed by atoms with Gasteiger partial charge in [0, 0.05) is 0 Å². The van der Waals surface area contributed by atoms with E-state index in [0.717, 1.165) is 6.20 Å². The van der Waals surface area contributed by atoms with Crippen LogP contribution in [-0.4, -0.2) is 46.9 Å². The number of aliphatic carboxylic acids is 1. The highest BCUT2D eigenvalue weighted by Gasteiger charge is 2.26. The average molecular weight is 243 g/mol. The molecular weight excluding hydrogens is 234 g/mol. The number of carboxylic acid groups (broad SMARTS) is 1. The molecule has 0 spiro atoms. The third kappa shape index (κ3) is 2.59. The van der Waals surface area contributed by atoms with Crippen LogP contribution in [0.1, 0.15) is 0 Å². The number of terminal acetylenes is 1. The van der Waals surface area contributed by atoms with Crippen molar-refractivity contribution in [2.45, 2.75) is 5.03 Å². The molecule has 16 heavy (non-hydrogen) atoms. The van der Waals surface area contributed by atoms with Crippen LogP contribution in [0.2, 0.25) is 0 Å². The maximum Gasteiger partial charge on any atom is 0.318 e. The molecule has 0 saturated heterocycles. The van der Waals surface area contributed by atoms with Gasteiger partial charge in [-0.1, -0.05) is 5.92 Å². The molecule has 0 bridgehead atoms. The molecule has 0 amide bonds. The molecule has 1 rings (SSSR count). The van der Waals surface area contributed by atoms with E-state index in [-0.39, 0.29) is 11.6 Å². The predicted octanol–water partition coefficient (Wildman–Crippen LogP) is -0.882. The molecule has 0 unspecified atom stereocenters. The van der Waals surface area contributed by atoms with Crippen molar-refractivity contribution in [2.75, 3.05) is 13.1 Å². The molecule has 86 valence electrons. The zero-order valence-electron chi connectivity index (χ0n) is 8.12. The van der Waals surface area contributed by atoms with E-state index in [1.807, 2.05) is 0 Å². The van der Waals surface area contributed by atoms with Crippen molar-refractivity contribution in [3.63, 3.8) is 0 Å². The van der Waals surface area contributed by atoms with Crippen LogP contribution in [0, 0.1) is 12.3 Å². The van der Waals surface area contributed by atoms with E-state index in [9.17, 15) is 13.2 Å². The van der Waals surface area contributed by atoms with E-state index in [1.54, 1.807) is 0 Å². The van der Waals surface area contributed by atoms with Crippen molar-refractivity contribution in [3.05, 3.63) is 12.5 Å². The van der Waals surface area contributed by atoms with Crippen LogP contribution >= 0.6 is 0 Å². The van der Waals surface area contributed by atoms with Gasteiger partial charge in [-0.25, -0.2) is 13.4 Å². The molecule has 0 aromatic carbocycles. The lowest BCUT2D eigenvalue weighted by Gasteiger charge is -2.15. The smallest absolute Gasteiger partial charge is 0.318 e. The molecule has 0 aliphatic carbocycles. The van der Waals surface area contributed by atoms with Crippen molar-refractivity contribution in [1.29, 1.82) is 0 Å². The van der Waals surface area contributed by atoms with Gasteiger partial charge < -0.3 is 10.1 Å². The highest BCUT2D eigenvalue weighted by atomic mass is 32.2. The summed E-state index contributed by atoms with van der Waals surface area (Å²) in [4.78, 5) is 16.4. The third-order valence-corrected chi connectivity index (χ3v) is 3.39. The van der Waals surface area contributed by atoms with Gasteiger partial charge >= 0.3 is 5.97 Å². The fourth-order valence-corrected chi connectivity index (χ4v) is 2.20. The first kappa shape index (κ1) is 12.2. The Bertz CT molecular complexity index is 500. The van der Waals surface area contributed by atoms with Gasteiger partial charge in [0.05, 0.1) is 19.1 Å². The number of sulfonamides is 1. The molecular formula is C8H9N3O4S. The molecule has 7 nitrogen and oxygen atoms in total. The number of imidazole rings is 1. The van der Waals surface area contributed by atoms with Crippen LogP contribution in [0.3, 0.4) is 0 Å². The van der Waals surface area contributed by atoms with E-state index in [1.165, 1.54) is 6.33 Å². The number of aromatic nitrogens is 2. The Morgan fingerprint density at radius 2 is 2.38 bits per heavy atom. The normalized spacial score (nSPS) is 11.2. The minimum absolute atomic E-state index is 0.191. The molecule has 0 radical (unpaired) electrons. The average Bonchev–Trinajstić information content (AvgIpc) is 2.69. The molecule has 1 heterocycles. The van der Waals surface area contributed by atoms with Gasteiger partial charge in [-0.3, -0.25) is 4.79 Å². The minimum atomic E-state index is -3.92. The van der Waals surface area contributed by atoms with Crippen LogP contribution < -0.4 is 0 Å². The van der Waals surface area contributed by atoms with Gasteiger partial charge in [0.2, 0.25) is 0 Å². The summed E-state index contributed by atoms with van der Waals surface area (Å²) in [6.45, 7) is -1.00. The Kier molecular flexibility index (Phi) is 3.65. The first-order chi connectivity index (χ1) is 7.48. The lowest BCUT2D eigenvalue weighted by atomic mass is 10.6. The zero-order valence-corrected chi connectivity index (χ0v) is 8.94. The van der Waals surface area contributed by atoms with E-state index in [4.69, 9.17) is 11.5 Å². The molecule has 0 saturated carbocycles. The predicted molar refractivity (Wildman–Crippen MR) is 53.8 cm³/mol. The molecule has 0 aliphatic rings. The van der Waals surface area contributed by atoms with E-state index in [0.29, 0.717) is 4.31 Å². The molecule has 0 fully saturated rings. The lowest BCUT2D eigenvalue weighted by molar-refractivity contribution is -0.137. The molecule has 1 aromatic heterocycles. The zero-order chi connectivity index (χ0) is 12.2. The van der Waals surface area contributed by atoms with Gasteiger partial charge in [0.1, 0.15) is 6.54 Å². The van der Waals surface area contributed by atoms with Crippen LogP contribution in [-0.2, 0) is 14.8 Å². The topological polar surface area (TPSA) is 103 Å². The molecule has 0 aliphatic heterocycles. The Labute approximate surface area is 92.2 Å². The number of carboxylic acids is 1. The Morgan fingerprint density at radius 3 is 2.81 bits per heavy atom. The van der Waals surface area contributed by atoms with Crippen LogP contribution in [0.25, 0.3) is 0 Å². The van der Waals surface area contributed by atoms with Gasteiger partial charge in [-0.15, -0.1) is 6.42 Å². The molecule has 8 heteroatoms. The number of nitrogens with zero attached hydrogens (tertiary/aromatic N) is 2. The number of nitrogens with one attached hydrogen (secondary N) is 1. The Balaban J connectivity index is 3.03. The Hall–Kier alpha value is -1.85. The maximum atomic E-state index is 11.8. The second-order valence-electron chi connectivity index (χ2n) is 2.79. The number of carbonyl (C=O) groups is 1. The quantitative estimate of drug-likeness (QED) is 0.653. The number of rotatable bonds is 5. The summed E-state index contributed by atoms with van der Waals surface area (Å²) in [6.07, 6.45) is 7.25. The summed E-state index contributed by atoms with van der Waals surface area (Å²) in [5, 5.41) is 8.38. The number of H-pyrrole nitrogens is 1. The fourth-order valence-electron chi connectivity index (χ4n) is 1.00. The summed E-state index contributed by atoms with van der Waals surface area (Å²) >= 11 is 0. The summed E-state index contributed by atoms with van der Waals surface area (Å²) in [5.74, 6) is 0.811. The summed E-state index contributed by atoms with van der Waals surface area (Å²) in [7, 11) is -3.92. The van der Waals surface area contributed by atoms with Gasteiger partial charge in [-0.2, -0.15) is 4.31 Å². The Morgan fingerprint density at radius 1 is 1.69 bits per heavy atom. The number of hydrogen-bond acceptors (Lipinski definition) is 4. The van der Waals surface area contributed by atoms with Crippen LogP contribution in [0.15, 0.2) is 17.6 Å². The monoisotopic (exact) mass is 243 g/mol. The van der Waals surface area contributed by atoms with Crippen molar-refractivity contribution in [3.8, 4) is 12.3 Å². The minimum Gasteiger partial charge on any atom is -0.480 e. The number of aromatic amines is 1. The molecule has 2 N–H and O–H groups in total. The van der Waals surface area contributed by atoms with Crippen LogP contribution in [0.4, 0.5) is 0 Å². The third-order valence-electron chi connectivity index (χ3n) is 1.67. The van der Waals surface area contributed by atoms with Gasteiger partial charge in [0.25, 0.3) is 10.0 Å². The first-order valence-corrected chi connectivity index (χ1v) is 5.56. The second-order valence-corrected chi connectivity index (χ2v) is 4.69. The van der Waals surface area contributed by atoms with Crippen molar-refractivity contribution < 1.29 is 18.3 Å². The fraction of sp³-hybridized carbons (Fsp3) is 0.250. The lowest BCUT2D eigenvalue weighted by Crippen LogP contribution is -2.36. The van der Waals surface area contributed by atoms with Crippen molar-refractivity contribution in [1.82, 2.24) is 14.3 Å². The van der Waals surface area contributed by atoms with Crippen molar-refractivity contribution in [2.24, 2.45) is 0 Å². The highest BCUT2D eigenvalue weighted by molar-refractivity contribution is 7.89. The van der Waals surface area contributed by atoms with Crippen LogP contribution in [0.5, 0.6) is 0 Å². The number of hydrogen-bond donors (Lipinski definition) is 2. The second kappa shape index (κ2) is 4.78. The summed E-state index contributed by atoms with van der Waals surface area (Å²) < 4.78 is 24.3. The van der Waals surface area contributed by atoms with Gasteiger partial charge in [-0.05, 0) is 0 Å². The standard InChI is InChI=1S/C8H9N3O4S/c1-2-3-11(5-8(12)13)16(14,15)7-4-9-6-10-7/h1,4,6H,3,5H2,(H,9,10)(H,12,13). The first-order valence-electron chi connectivity index (χ1n) is 4.12. The summed E-state index contributed by atoms with van der Waals surface area (Å²) in [5.41, 5.74) is 0. The van der Waals surface area contributed by atoms with E-state index in [2.05, 4.69) is 15.9 Å². The van der Waals surface area contributed by atoms with E-state index >= 15 is 0 Å². The largest absolute Gasteiger partial charge is 0.480 e. The highest BCUT2D eigenvalue weighted by Crippen LogP contribution is 2.10. The van der Waals surface area contributed by atoms with E-state index < -0.39 is 22.5 Å². The molecule has 1 aromatic rings. The summed E-state index contributed by atoms with van der Waals surface area (Å²) in [6, 6.07) is 0. The maximum absolute atomic E-state index is 11.8. The van der Waals surface area contributed by atoms with Crippen molar-refractivity contribution >= 4 is 16.0 Å². The molecule has 0 atom stereocenters. The van der Waals surface area contributed by atoms with Gasteiger partial charge in [0.15, 0.2) is 5.03 Å².